The minimum absolute atomic E-state index is 0.113. The van der Waals surface area contributed by atoms with Crippen molar-refractivity contribution < 1.29 is 14.3 Å². The zero-order valence-corrected chi connectivity index (χ0v) is 13.7. The Kier molecular flexibility index (Phi) is 5.52. The number of carbonyl (C=O) groups excluding carboxylic acids is 1. The monoisotopic (exact) mass is 339 g/mol. The summed E-state index contributed by atoms with van der Waals surface area (Å²) in [5, 5.41) is 3.49. The van der Waals surface area contributed by atoms with E-state index < -0.39 is 0 Å². The normalized spacial score (nSPS) is 10.2. The molecule has 0 aromatic heterocycles. The summed E-state index contributed by atoms with van der Waals surface area (Å²) in [5.41, 5.74) is 1.11. The number of hydrogen-bond acceptors (Lipinski definition) is 3. The van der Waals surface area contributed by atoms with Crippen LogP contribution in [0.2, 0.25) is 10.0 Å². The molecule has 2 rings (SSSR count). The van der Waals surface area contributed by atoms with Gasteiger partial charge in [0.05, 0.1) is 36.4 Å². The fourth-order valence-corrected chi connectivity index (χ4v) is 2.49. The summed E-state index contributed by atoms with van der Waals surface area (Å²) in [6.45, 7) is 0. The highest BCUT2D eigenvalue weighted by molar-refractivity contribution is 6.39. The minimum atomic E-state index is -0.249. The number of hydrogen-bond donors (Lipinski definition) is 1. The molecule has 6 heteroatoms. The van der Waals surface area contributed by atoms with Crippen LogP contribution in [-0.4, -0.2) is 20.1 Å². The highest BCUT2D eigenvalue weighted by Gasteiger charge is 2.13. The van der Waals surface area contributed by atoms with Crippen LogP contribution in [0.1, 0.15) is 5.56 Å². The van der Waals surface area contributed by atoms with Crippen molar-refractivity contribution in [2.24, 2.45) is 0 Å². The summed E-state index contributed by atoms with van der Waals surface area (Å²) in [6.07, 6.45) is 0.113. The van der Waals surface area contributed by atoms with Crippen molar-refractivity contribution in [2.75, 3.05) is 19.5 Å². The van der Waals surface area contributed by atoms with Crippen molar-refractivity contribution in [3.63, 3.8) is 0 Å². The van der Waals surface area contributed by atoms with Gasteiger partial charge >= 0.3 is 0 Å². The van der Waals surface area contributed by atoms with Crippen molar-refractivity contribution in [1.29, 1.82) is 0 Å². The second-order valence-electron chi connectivity index (χ2n) is 4.50. The third-order valence-corrected chi connectivity index (χ3v) is 3.70. The fourth-order valence-electron chi connectivity index (χ4n) is 1.99. The topological polar surface area (TPSA) is 47.6 Å². The van der Waals surface area contributed by atoms with E-state index >= 15 is 0 Å². The lowest BCUT2D eigenvalue weighted by molar-refractivity contribution is -0.115. The Balaban J connectivity index is 2.19. The van der Waals surface area contributed by atoms with Crippen LogP contribution < -0.4 is 14.8 Å². The van der Waals surface area contributed by atoms with E-state index in [4.69, 9.17) is 32.7 Å². The molecular weight excluding hydrogens is 325 g/mol. The molecule has 0 saturated heterocycles. The molecule has 0 saturated carbocycles. The molecule has 0 unspecified atom stereocenters. The molecule has 0 fully saturated rings. The van der Waals surface area contributed by atoms with Crippen LogP contribution >= 0.6 is 23.2 Å². The molecular formula is C16H15Cl2NO3. The van der Waals surface area contributed by atoms with Crippen LogP contribution in [-0.2, 0) is 11.2 Å². The van der Waals surface area contributed by atoms with E-state index in [0.29, 0.717) is 32.8 Å². The van der Waals surface area contributed by atoms with Crippen molar-refractivity contribution >= 4 is 34.8 Å². The molecule has 116 valence electrons. The van der Waals surface area contributed by atoms with Gasteiger partial charge in [-0.05, 0) is 30.3 Å². The predicted octanol–water partition coefficient (Wildman–Crippen LogP) is 4.19. The average molecular weight is 340 g/mol. The number of ether oxygens (including phenoxy) is 2. The van der Waals surface area contributed by atoms with Gasteiger partial charge in [0.1, 0.15) is 11.5 Å². The van der Waals surface area contributed by atoms with E-state index in [-0.39, 0.29) is 12.3 Å². The number of para-hydroxylation sites is 1. The Morgan fingerprint density at radius 1 is 1.09 bits per heavy atom. The Labute approximate surface area is 138 Å². The molecule has 22 heavy (non-hydrogen) atoms. The minimum Gasteiger partial charge on any atom is -0.497 e. The van der Waals surface area contributed by atoms with Gasteiger partial charge in [0, 0.05) is 5.56 Å². The first-order chi connectivity index (χ1) is 10.5. The van der Waals surface area contributed by atoms with Crippen LogP contribution in [0.4, 0.5) is 5.69 Å². The molecule has 1 amide bonds. The lowest BCUT2D eigenvalue weighted by Crippen LogP contribution is -2.15. The first kappa shape index (κ1) is 16.5. The van der Waals surface area contributed by atoms with Gasteiger partial charge in [-0.15, -0.1) is 0 Å². The quantitative estimate of drug-likeness (QED) is 0.888. The number of amides is 1. The third kappa shape index (κ3) is 3.84. The average Bonchev–Trinajstić information content (AvgIpc) is 2.51. The highest BCUT2D eigenvalue weighted by Crippen LogP contribution is 2.30. The molecule has 0 aliphatic carbocycles. The van der Waals surface area contributed by atoms with Crippen molar-refractivity contribution in [3.8, 4) is 11.5 Å². The van der Waals surface area contributed by atoms with Crippen LogP contribution in [0.25, 0.3) is 0 Å². The van der Waals surface area contributed by atoms with Crippen LogP contribution in [0.15, 0.2) is 36.4 Å². The van der Waals surface area contributed by atoms with Gasteiger partial charge in [-0.2, -0.15) is 0 Å². The van der Waals surface area contributed by atoms with E-state index in [2.05, 4.69) is 5.32 Å². The molecule has 0 aliphatic rings. The molecule has 0 aliphatic heterocycles. The standard InChI is InChI=1S/C16H15Cl2NO3/c1-21-11-6-7-14(22-2)10(8-11)9-15(20)19-16-12(17)4-3-5-13(16)18/h3-8H,9H2,1-2H3,(H,19,20). The van der Waals surface area contributed by atoms with Gasteiger partial charge in [-0.25, -0.2) is 0 Å². The highest BCUT2D eigenvalue weighted by atomic mass is 35.5. The molecule has 2 aromatic rings. The van der Waals surface area contributed by atoms with Crippen molar-refractivity contribution in [1.82, 2.24) is 0 Å². The molecule has 1 N–H and O–H groups in total. The van der Waals surface area contributed by atoms with E-state index in [1.54, 1.807) is 50.6 Å². The lowest BCUT2D eigenvalue weighted by Gasteiger charge is -2.12. The van der Waals surface area contributed by atoms with Crippen LogP contribution in [0, 0.1) is 0 Å². The number of nitrogens with one attached hydrogen (secondary N) is 1. The summed E-state index contributed by atoms with van der Waals surface area (Å²) >= 11 is 12.1. The first-order valence-corrected chi connectivity index (χ1v) is 7.25. The predicted molar refractivity (Wildman–Crippen MR) is 88.3 cm³/mol. The first-order valence-electron chi connectivity index (χ1n) is 6.50. The summed E-state index contributed by atoms with van der Waals surface area (Å²) in [4.78, 5) is 12.2. The van der Waals surface area contributed by atoms with Crippen LogP contribution in [0.5, 0.6) is 11.5 Å². The number of carbonyl (C=O) groups is 1. The Hall–Kier alpha value is -1.91. The molecule has 4 nitrogen and oxygen atoms in total. The number of halogens is 2. The maximum atomic E-state index is 12.2. The summed E-state index contributed by atoms with van der Waals surface area (Å²) in [6, 6.07) is 10.3. The zero-order chi connectivity index (χ0) is 16.1. The van der Waals surface area contributed by atoms with Gasteiger partial charge in [0.25, 0.3) is 0 Å². The van der Waals surface area contributed by atoms with E-state index in [1.807, 2.05) is 0 Å². The summed E-state index contributed by atoms with van der Waals surface area (Å²) < 4.78 is 10.4. The van der Waals surface area contributed by atoms with Gasteiger partial charge in [-0.3, -0.25) is 4.79 Å². The number of anilines is 1. The molecule has 2 aromatic carbocycles. The van der Waals surface area contributed by atoms with Crippen molar-refractivity contribution in [3.05, 3.63) is 52.0 Å². The smallest absolute Gasteiger partial charge is 0.229 e. The molecule has 0 heterocycles. The summed E-state index contributed by atoms with van der Waals surface area (Å²) in [7, 11) is 3.11. The van der Waals surface area contributed by atoms with E-state index in [1.165, 1.54) is 0 Å². The Bertz CT molecular complexity index is 669. The maximum Gasteiger partial charge on any atom is 0.229 e. The maximum absolute atomic E-state index is 12.2. The SMILES string of the molecule is COc1ccc(OC)c(CC(=O)Nc2c(Cl)cccc2Cl)c1. The molecule has 0 bridgehead atoms. The van der Waals surface area contributed by atoms with Gasteiger partial charge < -0.3 is 14.8 Å². The van der Waals surface area contributed by atoms with Gasteiger partial charge in [0.15, 0.2) is 0 Å². The number of methoxy groups -OCH3 is 2. The second kappa shape index (κ2) is 7.38. The largest absolute Gasteiger partial charge is 0.497 e. The van der Waals surface area contributed by atoms with Gasteiger partial charge in [0.2, 0.25) is 5.91 Å². The third-order valence-electron chi connectivity index (χ3n) is 3.07. The second-order valence-corrected chi connectivity index (χ2v) is 5.31. The Morgan fingerprint density at radius 3 is 2.36 bits per heavy atom. The lowest BCUT2D eigenvalue weighted by atomic mass is 10.1. The summed E-state index contributed by atoms with van der Waals surface area (Å²) in [5.74, 6) is 1.02. The van der Waals surface area contributed by atoms with E-state index in [9.17, 15) is 4.79 Å². The van der Waals surface area contributed by atoms with Crippen LogP contribution in [0.3, 0.4) is 0 Å². The molecule has 0 radical (unpaired) electrons. The fraction of sp³-hybridized carbons (Fsp3) is 0.188. The molecule has 0 spiro atoms. The van der Waals surface area contributed by atoms with Gasteiger partial charge in [-0.1, -0.05) is 29.3 Å². The van der Waals surface area contributed by atoms with E-state index in [0.717, 1.165) is 0 Å². The number of rotatable bonds is 5. The molecule has 0 atom stereocenters. The Morgan fingerprint density at radius 2 is 1.77 bits per heavy atom. The zero-order valence-electron chi connectivity index (χ0n) is 12.2. The van der Waals surface area contributed by atoms with Crippen molar-refractivity contribution in [2.45, 2.75) is 6.42 Å². The number of benzene rings is 2.